The van der Waals surface area contributed by atoms with E-state index < -0.39 is 12.0 Å². The first-order valence-electron chi connectivity index (χ1n) is 12.4. The van der Waals surface area contributed by atoms with Crippen molar-refractivity contribution in [2.75, 3.05) is 33.3 Å². The van der Waals surface area contributed by atoms with E-state index in [1.54, 1.807) is 65.8 Å². The third-order valence-electron chi connectivity index (χ3n) is 6.82. The van der Waals surface area contributed by atoms with Gasteiger partial charge in [-0.25, -0.2) is 13.2 Å². The van der Waals surface area contributed by atoms with Crippen molar-refractivity contribution in [3.8, 4) is 16.9 Å². The van der Waals surface area contributed by atoms with Crippen molar-refractivity contribution < 1.29 is 22.7 Å². The monoisotopic (exact) mass is 523 g/mol. The number of carbonyl (C=O) groups is 1. The van der Waals surface area contributed by atoms with Crippen LogP contribution in [0.1, 0.15) is 35.3 Å². The molecule has 198 valence electrons. The zero-order chi connectivity index (χ0) is 26.9. The van der Waals surface area contributed by atoms with Crippen molar-refractivity contribution in [1.29, 1.82) is 0 Å². The quantitative estimate of drug-likeness (QED) is 0.322. The molecular weight excluding hydrogens is 495 g/mol. The van der Waals surface area contributed by atoms with E-state index >= 15 is 0 Å². The van der Waals surface area contributed by atoms with Crippen LogP contribution >= 0.6 is 0 Å². The predicted octanol–water partition coefficient (Wildman–Crippen LogP) is 5.32. The van der Waals surface area contributed by atoms with Crippen molar-refractivity contribution in [3.63, 3.8) is 0 Å². The first kappa shape index (κ1) is 25.7. The highest BCUT2D eigenvalue weighted by Crippen LogP contribution is 2.35. The fourth-order valence-electron chi connectivity index (χ4n) is 4.94. The second-order valence-electron chi connectivity index (χ2n) is 9.50. The lowest BCUT2D eigenvalue weighted by molar-refractivity contribution is -0.131. The van der Waals surface area contributed by atoms with Gasteiger partial charge in [0, 0.05) is 48.1 Å². The molecule has 1 fully saturated rings. The molecule has 4 aromatic rings. The normalized spacial score (nSPS) is 15.7. The average molecular weight is 524 g/mol. The second kappa shape index (κ2) is 10.4. The molecule has 0 bridgehead atoms. The second-order valence-corrected chi connectivity index (χ2v) is 9.50. The van der Waals surface area contributed by atoms with Crippen LogP contribution in [0.5, 0.6) is 5.75 Å². The molecule has 5 rings (SSSR count). The van der Waals surface area contributed by atoms with Gasteiger partial charge in [-0.2, -0.15) is 5.10 Å². The van der Waals surface area contributed by atoms with Gasteiger partial charge in [-0.05, 0) is 49.2 Å². The molecular formula is C28H28F3N5O2. The molecule has 1 N–H and O–H groups in total. The van der Waals surface area contributed by atoms with E-state index in [2.05, 4.69) is 15.2 Å². The summed E-state index contributed by atoms with van der Waals surface area (Å²) in [6.07, 6.45) is 5.44. The highest BCUT2D eigenvalue weighted by Gasteiger charge is 2.43. The predicted molar refractivity (Wildman–Crippen MR) is 138 cm³/mol. The van der Waals surface area contributed by atoms with Gasteiger partial charge in [0.05, 0.1) is 37.5 Å². The summed E-state index contributed by atoms with van der Waals surface area (Å²) in [6.45, 7) is 2.02. The molecule has 10 heteroatoms. The summed E-state index contributed by atoms with van der Waals surface area (Å²) >= 11 is 0. The van der Waals surface area contributed by atoms with Crippen molar-refractivity contribution in [2.24, 2.45) is 0 Å². The van der Waals surface area contributed by atoms with Gasteiger partial charge in [0.2, 0.25) is 0 Å². The maximum Gasteiger partial charge on any atom is 0.272 e. The molecule has 7 nitrogen and oxygen atoms in total. The number of hydrogen-bond acceptors (Lipinski definition) is 5. The molecule has 1 unspecified atom stereocenters. The molecule has 0 aliphatic carbocycles. The van der Waals surface area contributed by atoms with Crippen molar-refractivity contribution in [2.45, 2.75) is 25.3 Å². The number of rotatable bonds is 9. The minimum atomic E-state index is -2.67. The minimum absolute atomic E-state index is 0.271. The first-order chi connectivity index (χ1) is 18.3. The molecule has 0 spiro atoms. The molecule has 2 aromatic heterocycles. The number of fused-ring (bicyclic) bond motifs is 1. The summed E-state index contributed by atoms with van der Waals surface area (Å²) in [5.74, 6) is -2.84. The Hall–Kier alpha value is -3.92. The number of aromatic amines is 1. The summed E-state index contributed by atoms with van der Waals surface area (Å²) in [6, 6.07) is 10.8. The zero-order valence-electron chi connectivity index (χ0n) is 21.1. The Balaban J connectivity index is 1.45. The Morgan fingerprint density at radius 2 is 2.00 bits per heavy atom. The molecule has 1 aliphatic rings. The highest BCUT2D eigenvalue weighted by atomic mass is 19.3. The van der Waals surface area contributed by atoms with Crippen LogP contribution in [0.3, 0.4) is 0 Å². The summed E-state index contributed by atoms with van der Waals surface area (Å²) in [5, 5.41) is 7.87. The lowest BCUT2D eigenvalue weighted by atomic mass is 9.98. The zero-order valence-corrected chi connectivity index (χ0v) is 21.1. The van der Waals surface area contributed by atoms with Gasteiger partial charge in [0.15, 0.2) is 0 Å². The van der Waals surface area contributed by atoms with Crippen LogP contribution in [0.4, 0.5) is 13.2 Å². The van der Waals surface area contributed by atoms with E-state index in [0.29, 0.717) is 42.0 Å². The summed E-state index contributed by atoms with van der Waals surface area (Å²) in [5.41, 5.74) is 3.20. The van der Waals surface area contributed by atoms with E-state index in [-0.39, 0.29) is 24.8 Å². The van der Waals surface area contributed by atoms with E-state index in [1.165, 1.54) is 12.1 Å². The minimum Gasteiger partial charge on any atom is -0.493 e. The van der Waals surface area contributed by atoms with E-state index in [0.717, 1.165) is 16.5 Å². The number of benzene rings is 2. The molecule has 2 aromatic carbocycles. The third kappa shape index (κ3) is 5.22. The number of alkyl halides is 2. The van der Waals surface area contributed by atoms with Gasteiger partial charge in [0.25, 0.3) is 11.8 Å². The number of aromatic nitrogens is 3. The number of hydrogen-bond donors (Lipinski definition) is 1. The van der Waals surface area contributed by atoms with Crippen LogP contribution < -0.4 is 4.74 Å². The number of nitrogens with zero attached hydrogens (tertiary/aromatic N) is 4. The number of pyridine rings is 1. The van der Waals surface area contributed by atoms with E-state index in [9.17, 15) is 18.0 Å². The van der Waals surface area contributed by atoms with Gasteiger partial charge in [0.1, 0.15) is 11.6 Å². The number of H-pyrrole nitrogens is 1. The molecule has 1 atom stereocenters. The van der Waals surface area contributed by atoms with Gasteiger partial charge in [-0.15, -0.1) is 0 Å². The van der Waals surface area contributed by atoms with Gasteiger partial charge in [-0.3, -0.25) is 19.8 Å². The number of amides is 1. The van der Waals surface area contributed by atoms with Crippen LogP contribution in [-0.4, -0.2) is 70.1 Å². The third-order valence-corrected chi connectivity index (χ3v) is 6.82. The van der Waals surface area contributed by atoms with E-state index in [4.69, 9.17) is 4.74 Å². The lowest BCUT2D eigenvalue weighted by Crippen LogP contribution is -2.56. The number of nitrogens with one attached hydrogen (secondary N) is 1. The van der Waals surface area contributed by atoms with Crippen LogP contribution in [0.2, 0.25) is 0 Å². The average Bonchev–Trinajstić information content (AvgIpc) is 3.37. The Labute approximate surface area is 218 Å². The first-order valence-corrected chi connectivity index (χ1v) is 12.4. The summed E-state index contributed by atoms with van der Waals surface area (Å²) in [4.78, 5) is 21.3. The maximum atomic E-state index is 13.9. The number of carbonyl (C=O) groups excluding carboxylic acids is 1. The van der Waals surface area contributed by atoms with Crippen molar-refractivity contribution in [3.05, 3.63) is 78.0 Å². The highest BCUT2D eigenvalue weighted by molar-refractivity contribution is 5.96. The van der Waals surface area contributed by atoms with Crippen LogP contribution in [-0.2, 0) is 0 Å². The van der Waals surface area contributed by atoms with Gasteiger partial charge < -0.3 is 9.64 Å². The molecule has 0 radical (unpaired) electrons. The molecule has 1 aliphatic heterocycles. The SMILES string of the molecule is CCOc1cc(C(=O)N(C)C(CCN2CC(F)(F)C2)c2cncc3cn[nH]c23)ccc1-c1cccc(F)c1. The molecule has 38 heavy (non-hydrogen) atoms. The van der Waals surface area contributed by atoms with Crippen LogP contribution in [0.15, 0.2) is 61.1 Å². The van der Waals surface area contributed by atoms with Crippen molar-refractivity contribution in [1.82, 2.24) is 25.0 Å². The smallest absolute Gasteiger partial charge is 0.272 e. The summed E-state index contributed by atoms with van der Waals surface area (Å²) in [7, 11) is 1.69. The fourth-order valence-corrected chi connectivity index (χ4v) is 4.94. The number of likely N-dealkylation sites (tertiary alicyclic amines) is 1. The molecule has 3 heterocycles. The van der Waals surface area contributed by atoms with Crippen molar-refractivity contribution >= 4 is 16.8 Å². The van der Waals surface area contributed by atoms with Crippen LogP contribution in [0, 0.1) is 5.82 Å². The van der Waals surface area contributed by atoms with E-state index in [1.807, 2.05) is 6.92 Å². The Morgan fingerprint density at radius 1 is 1.18 bits per heavy atom. The molecule has 0 saturated carbocycles. The Bertz CT molecular complexity index is 1450. The number of ether oxygens (including phenoxy) is 1. The van der Waals surface area contributed by atoms with Gasteiger partial charge >= 0.3 is 0 Å². The van der Waals surface area contributed by atoms with Crippen LogP contribution in [0.25, 0.3) is 22.0 Å². The maximum absolute atomic E-state index is 13.9. The largest absolute Gasteiger partial charge is 0.493 e. The fraction of sp³-hybridized carbons (Fsp3) is 0.321. The molecule has 1 saturated heterocycles. The number of halogens is 3. The standard InChI is InChI=1S/C28H28F3N5O2/c1-3-38-25-12-19(7-8-22(25)18-5-4-6-21(29)11-18)27(37)35(2)24(9-10-36-16-28(30,31)17-36)23-15-32-13-20-14-33-34-26(20)23/h4-8,11-15,24H,3,9-10,16-17H2,1-2H3,(H,33,34). The lowest BCUT2D eigenvalue weighted by Gasteiger charge is -2.40. The Kier molecular flexibility index (Phi) is 7.07. The Morgan fingerprint density at radius 3 is 2.74 bits per heavy atom. The summed E-state index contributed by atoms with van der Waals surface area (Å²) < 4.78 is 46.5. The molecule has 1 amide bonds. The topological polar surface area (TPSA) is 74.3 Å². The van der Waals surface area contributed by atoms with Gasteiger partial charge in [-0.1, -0.05) is 12.1 Å².